The highest BCUT2D eigenvalue weighted by atomic mass is 16.5. The van der Waals surface area contributed by atoms with Gasteiger partial charge in [0, 0.05) is 0 Å². The van der Waals surface area contributed by atoms with Crippen LogP contribution >= 0.6 is 0 Å². The number of carbonyl (C=O) groups is 1. The summed E-state index contributed by atoms with van der Waals surface area (Å²) in [6, 6.07) is 14.9. The lowest BCUT2D eigenvalue weighted by Gasteiger charge is -2.23. The van der Waals surface area contributed by atoms with E-state index < -0.39 is 0 Å². The Labute approximate surface area is 168 Å². The van der Waals surface area contributed by atoms with E-state index in [0.717, 1.165) is 24.6 Å². The highest BCUT2D eigenvalue weighted by Gasteiger charge is 2.54. The van der Waals surface area contributed by atoms with Crippen molar-refractivity contribution in [2.45, 2.75) is 46.0 Å². The van der Waals surface area contributed by atoms with Crippen LogP contribution in [0.2, 0.25) is 0 Å². The highest BCUT2D eigenvalue weighted by Crippen LogP contribution is 2.64. The van der Waals surface area contributed by atoms with Crippen molar-refractivity contribution in [1.29, 1.82) is 0 Å². The molecule has 1 atom stereocenters. The molecule has 1 heterocycles. The van der Waals surface area contributed by atoms with Crippen LogP contribution in [0.3, 0.4) is 0 Å². The van der Waals surface area contributed by atoms with Crippen LogP contribution in [0.4, 0.5) is 0 Å². The second-order valence-corrected chi connectivity index (χ2v) is 9.01. The van der Waals surface area contributed by atoms with Crippen molar-refractivity contribution in [3.05, 3.63) is 59.2 Å². The van der Waals surface area contributed by atoms with Gasteiger partial charge < -0.3 is 10.1 Å². The zero-order valence-corrected chi connectivity index (χ0v) is 17.3. The first kappa shape index (κ1) is 19.2. The van der Waals surface area contributed by atoms with Crippen molar-refractivity contribution in [3.8, 4) is 11.1 Å². The molecule has 3 heteroatoms. The largest absolute Gasteiger partial charge is 0.462 e. The minimum Gasteiger partial charge on any atom is -0.462 e. The zero-order valence-electron chi connectivity index (χ0n) is 17.3. The summed E-state index contributed by atoms with van der Waals surface area (Å²) in [5.74, 6) is 0.826. The Morgan fingerprint density at radius 2 is 1.86 bits per heavy atom. The Morgan fingerprint density at radius 3 is 2.54 bits per heavy atom. The number of benzene rings is 2. The first-order chi connectivity index (χ1) is 13.5. The fourth-order valence-electron chi connectivity index (χ4n) is 4.58. The van der Waals surface area contributed by atoms with Gasteiger partial charge in [-0.3, -0.25) is 0 Å². The zero-order chi connectivity index (χ0) is 19.7. The molecule has 148 valence electrons. The molecule has 1 saturated carbocycles. The maximum Gasteiger partial charge on any atom is 0.338 e. The summed E-state index contributed by atoms with van der Waals surface area (Å²) >= 11 is 0. The number of hydrogen-bond donors (Lipinski definition) is 1. The third-order valence-electron chi connectivity index (χ3n) is 6.43. The molecule has 1 N–H and O–H groups in total. The second-order valence-electron chi connectivity index (χ2n) is 9.01. The van der Waals surface area contributed by atoms with Gasteiger partial charge in [-0.05, 0) is 90.9 Å². The maximum atomic E-state index is 12.3. The predicted molar refractivity (Wildman–Crippen MR) is 114 cm³/mol. The summed E-state index contributed by atoms with van der Waals surface area (Å²) in [5, 5.41) is 3.48. The molecule has 2 fully saturated rings. The van der Waals surface area contributed by atoms with Gasteiger partial charge in [-0.25, -0.2) is 4.79 Å². The van der Waals surface area contributed by atoms with Crippen LogP contribution in [0.5, 0.6) is 0 Å². The topological polar surface area (TPSA) is 38.3 Å². The van der Waals surface area contributed by atoms with Gasteiger partial charge >= 0.3 is 5.97 Å². The summed E-state index contributed by atoms with van der Waals surface area (Å²) in [6.07, 6.45) is 3.95. The Kier molecular flexibility index (Phi) is 5.29. The van der Waals surface area contributed by atoms with E-state index in [4.69, 9.17) is 4.74 Å². The molecule has 0 aromatic heterocycles. The van der Waals surface area contributed by atoms with E-state index in [1.165, 1.54) is 36.0 Å². The molecule has 0 radical (unpaired) electrons. The molecule has 1 aliphatic heterocycles. The van der Waals surface area contributed by atoms with E-state index in [0.29, 0.717) is 23.5 Å². The van der Waals surface area contributed by atoms with Crippen molar-refractivity contribution in [2.75, 3.05) is 19.7 Å². The van der Waals surface area contributed by atoms with Crippen LogP contribution in [-0.4, -0.2) is 25.7 Å². The second kappa shape index (κ2) is 7.71. The predicted octanol–water partition coefficient (Wildman–Crippen LogP) is 5.33. The molecule has 2 aliphatic rings. The van der Waals surface area contributed by atoms with Crippen molar-refractivity contribution >= 4 is 5.97 Å². The first-order valence-electron chi connectivity index (χ1n) is 10.6. The van der Waals surface area contributed by atoms with E-state index in [2.05, 4.69) is 36.5 Å². The van der Waals surface area contributed by atoms with E-state index in [9.17, 15) is 4.79 Å². The fraction of sp³-hybridized carbons (Fsp3) is 0.480. The Balaban J connectivity index is 1.51. The number of nitrogens with one attached hydrogen (secondary N) is 1. The van der Waals surface area contributed by atoms with Gasteiger partial charge in [0.15, 0.2) is 0 Å². The van der Waals surface area contributed by atoms with Crippen LogP contribution in [-0.2, 0) is 4.74 Å². The summed E-state index contributed by atoms with van der Waals surface area (Å²) in [6.45, 7) is 8.96. The third-order valence-corrected chi connectivity index (χ3v) is 6.43. The minimum absolute atomic E-state index is 0.239. The van der Waals surface area contributed by atoms with Gasteiger partial charge in [0.2, 0.25) is 0 Å². The van der Waals surface area contributed by atoms with Gasteiger partial charge in [0.25, 0.3) is 0 Å². The monoisotopic (exact) mass is 377 g/mol. The van der Waals surface area contributed by atoms with E-state index in [1.807, 2.05) is 32.0 Å². The number of aryl methyl sites for hydroxylation is 1. The molecule has 0 bridgehead atoms. The summed E-state index contributed by atoms with van der Waals surface area (Å²) in [4.78, 5) is 12.3. The molecule has 4 rings (SSSR count). The van der Waals surface area contributed by atoms with Crippen LogP contribution < -0.4 is 5.32 Å². The Morgan fingerprint density at radius 1 is 1.14 bits per heavy atom. The number of esters is 1. The van der Waals surface area contributed by atoms with Gasteiger partial charge in [0.05, 0.1) is 12.2 Å². The number of carbonyl (C=O) groups excluding carboxylic acids is 1. The lowest BCUT2D eigenvalue weighted by Crippen LogP contribution is -2.29. The van der Waals surface area contributed by atoms with Crippen LogP contribution in [0.1, 0.15) is 60.5 Å². The minimum atomic E-state index is -0.239. The van der Waals surface area contributed by atoms with Crippen LogP contribution in [0, 0.1) is 18.3 Å². The quantitative estimate of drug-likeness (QED) is 0.716. The molecule has 0 unspecified atom stereocenters. The van der Waals surface area contributed by atoms with Crippen LogP contribution in [0.15, 0.2) is 42.5 Å². The molecular weight excluding hydrogens is 346 g/mol. The van der Waals surface area contributed by atoms with Crippen molar-refractivity contribution in [3.63, 3.8) is 0 Å². The Hall–Kier alpha value is -2.13. The lowest BCUT2D eigenvalue weighted by molar-refractivity contribution is 0.0459. The summed E-state index contributed by atoms with van der Waals surface area (Å²) < 4.78 is 5.40. The van der Waals surface area contributed by atoms with E-state index in [-0.39, 0.29) is 5.97 Å². The third kappa shape index (κ3) is 3.86. The smallest absolute Gasteiger partial charge is 0.338 e. The maximum absolute atomic E-state index is 12.3. The molecule has 28 heavy (non-hydrogen) atoms. The van der Waals surface area contributed by atoms with Crippen LogP contribution in [0.25, 0.3) is 11.1 Å². The summed E-state index contributed by atoms with van der Waals surface area (Å²) in [7, 11) is 0. The number of hydrogen-bond acceptors (Lipinski definition) is 3. The van der Waals surface area contributed by atoms with Crippen molar-refractivity contribution in [2.24, 2.45) is 11.3 Å². The lowest BCUT2D eigenvalue weighted by atomic mass is 9.89. The molecule has 3 nitrogen and oxygen atoms in total. The number of piperidine rings is 1. The van der Waals surface area contributed by atoms with Crippen molar-refractivity contribution in [1.82, 2.24) is 5.32 Å². The molecule has 1 spiro atoms. The molecular formula is C25H31NO2. The average molecular weight is 378 g/mol. The van der Waals surface area contributed by atoms with E-state index in [1.54, 1.807) is 0 Å². The Bertz CT molecular complexity index is 847. The molecule has 2 aromatic carbocycles. The molecule has 1 aliphatic carbocycles. The molecule has 1 saturated heterocycles. The normalized spacial score (nSPS) is 20.4. The fourth-order valence-corrected chi connectivity index (χ4v) is 4.58. The SMILES string of the molecule is Cc1ccc(C(=O)OCC(C)C)cc1-c1ccc([C@H]2CC23CCNCC3)cc1. The van der Waals surface area contributed by atoms with Gasteiger partial charge in [-0.2, -0.15) is 0 Å². The summed E-state index contributed by atoms with van der Waals surface area (Å²) in [5.41, 5.74) is 6.10. The average Bonchev–Trinajstić information content (AvgIpc) is 3.39. The van der Waals surface area contributed by atoms with E-state index >= 15 is 0 Å². The number of ether oxygens (including phenoxy) is 1. The highest BCUT2D eigenvalue weighted by molar-refractivity contribution is 5.91. The molecule has 2 aromatic rings. The van der Waals surface area contributed by atoms with Gasteiger partial charge in [0.1, 0.15) is 0 Å². The first-order valence-corrected chi connectivity index (χ1v) is 10.6. The van der Waals surface area contributed by atoms with Gasteiger partial charge in [-0.1, -0.05) is 44.2 Å². The van der Waals surface area contributed by atoms with Gasteiger partial charge in [-0.15, -0.1) is 0 Å². The molecule has 0 amide bonds. The standard InChI is InChI=1S/C25H31NO2/c1-17(2)16-28-24(27)21-5-4-18(3)22(14-21)19-6-8-20(9-7-19)23-15-25(23)10-12-26-13-11-25/h4-9,14,17,23,26H,10-13,15-16H2,1-3H3/t23-/m1/s1. The number of rotatable bonds is 5. The van der Waals surface area contributed by atoms with Crippen molar-refractivity contribution < 1.29 is 9.53 Å².